The molecule has 21 heavy (non-hydrogen) atoms. The molecule has 1 aliphatic rings. The number of aromatic carboxylic acids is 1. The predicted octanol–water partition coefficient (Wildman–Crippen LogP) is 3.13. The van der Waals surface area contributed by atoms with Gasteiger partial charge in [-0.2, -0.15) is 0 Å². The molecule has 0 radical (unpaired) electrons. The van der Waals surface area contributed by atoms with Crippen LogP contribution in [0.5, 0.6) is 0 Å². The molecule has 3 aromatic rings. The minimum absolute atomic E-state index is 0.273. The molecule has 0 aliphatic heterocycles. The van der Waals surface area contributed by atoms with E-state index >= 15 is 0 Å². The first-order valence-corrected chi connectivity index (χ1v) is 6.91. The number of pyridine rings is 1. The molecule has 1 saturated carbocycles. The van der Waals surface area contributed by atoms with E-state index in [0.29, 0.717) is 17.4 Å². The smallest absolute Gasteiger partial charge is 0.336 e. The molecule has 1 aliphatic carbocycles. The Labute approximate surface area is 120 Å². The van der Waals surface area contributed by atoms with Gasteiger partial charge in [0.05, 0.1) is 5.56 Å². The van der Waals surface area contributed by atoms with Crippen LogP contribution in [0.15, 0.2) is 42.6 Å². The number of carbonyl (C=O) groups is 1. The Hall–Kier alpha value is -2.69. The van der Waals surface area contributed by atoms with Gasteiger partial charge in [0.25, 0.3) is 0 Å². The van der Waals surface area contributed by atoms with Crippen LogP contribution in [-0.2, 0) is 0 Å². The first-order chi connectivity index (χ1) is 10.3. The van der Waals surface area contributed by atoms with E-state index in [1.54, 1.807) is 18.3 Å². The van der Waals surface area contributed by atoms with Crippen LogP contribution in [0.4, 0.5) is 0 Å². The van der Waals surface area contributed by atoms with Crippen molar-refractivity contribution in [2.45, 2.75) is 18.9 Å². The van der Waals surface area contributed by atoms with Gasteiger partial charge < -0.3 is 9.67 Å². The average molecular weight is 279 g/mol. The average Bonchev–Trinajstić information content (AvgIpc) is 3.27. The molecule has 5 heteroatoms. The molecule has 0 saturated heterocycles. The van der Waals surface area contributed by atoms with Crippen molar-refractivity contribution in [1.82, 2.24) is 14.5 Å². The highest BCUT2D eigenvalue weighted by Crippen LogP contribution is 2.41. The summed E-state index contributed by atoms with van der Waals surface area (Å²) in [4.78, 5) is 20.5. The third-order valence-electron chi connectivity index (χ3n) is 3.76. The summed E-state index contributed by atoms with van der Waals surface area (Å²) < 4.78 is 2.08. The lowest BCUT2D eigenvalue weighted by molar-refractivity contribution is 0.0697. The Kier molecular flexibility index (Phi) is 2.54. The van der Waals surface area contributed by atoms with E-state index in [1.165, 1.54) is 0 Å². The highest BCUT2D eigenvalue weighted by atomic mass is 16.4. The summed E-state index contributed by atoms with van der Waals surface area (Å²) in [6, 6.07) is 11.1. The molecule has 0 spiro atoms. The Morgan fingerprint density at radius 3 is 2.76 bits per heavy atom. The number of aromatic nitrogens is 3. The molecule has 0 bridgehead atoms. The van der Waals surface area contributed by atoms with E-state index < -0.39 is 5.97 Å². The topological polar surface area (TPSA) is 68.0 Å². The minimum atomic E-state index is -0.937. The summed E-state index contributed by atoms with van der Waals surface area (Å²) in [6.45, 7) is 0. The summed E-state index contributed by atoms with van der Waals surface area (Å²) >= 11 is 0. The van der Waals surface area contributed by atoms with Gasteiger partial charge in [-0.05, 0) is 31.0 Å². The zero-order valence-corrected chi connectivity index (χ0v) is 11.2. The van der Waals surface area contributed by atoms with Gasteiger partial charge in [-0.25, -0.2) is 14.8 Å². The van der Waals surface area contributed by atoms with Crippen LogP contribution in [0, 0.1) is 0 Å². The SMILES string of the molecule is O=C(O)c1ccccc1-c1nc2cccnc2n1C1CC1. The third kappa shape index (κ3) is 1.89. The van der Waals surface area contributed by atoms with E-state index in [2.05, 4.69) is 14.5 Å². The van der Waals surface area contributed by atoms with E-state index in [4.69, 9.17) is 0 Å². The third-order valence-corrected chi connectivity index (χ3v) is 3.76. The van der Waals surface area contributed by atoms with E-state index in [1.807, 2.05) is 24.3 Å². The Bertz CT molecular complexity index is 850. The lowest BCUT2D eigenvalue weighted by Gasteiger charge is -2.09. The summed E-state index contributed by atoms with van der Waals surface area (Å²) in [5, 5.41) is 9.39. The summed E-state index contributed by atoms with van der Waals surface area (Å²) in [6.07, 6.45) is 3.92. The number of carboxylic acids is 1. The predicted molar refractivity (Wildman–Crippen MR) is 78.2 cm³/mol. The maximum absolute atomic E-state index is 11.5. The van der Waals surface area contributed by atoms with Crippen LogP contribution >= 0.6 is 0 Å². The summed E-state index contributed by atoms with van der Waals surface area (Å²) in [7, 11) is 0. The quantitative estimate of drug-likeness (QED) is 0.799. The van der Waals surface area contributed by atoms with Crippen molar-refractivity contribution in [1.29, 1.82) is 0 Å². The largest absolute Gasteiger partial charge is 0.478 e. The molecule has 104 valence electrons. The van der Waals surface area contributed by atoms with Crippen molar-refractivity contribution < 1.29 is 9.90 Å². The highest BCUT2D eigenvalue weighted by molar-refractivity contribution is 5.96. The fraction of sp³-hybridized carbons (Fsp3) is 0.188. The molecule has 2 heterocycles. The van der Waals surface area contributed by atoms with Crippen molar-refractivity contribution in [3.05, 3.63) is 48.2 Å². The normalized spacial score (nSPS) is 14.5. The first kappa shape index (κ1) is 12.1. The molecule has 1 aromatic carbocycles. The highest BCUT2D eigenvalue weighted by Gasteiger charge is 2.30. The first-order valence-electron chi connectivity index (χ1n) is 6.91. The minimum Gasteiger partial charge on any atom is -0.478 e. The van der Waals surface area contributed by atoms with Gasteiger partial charge in [-0.1, -0.05) is 18.2 Å². The zero-order chi connectivity index (χ0) is 14.4. The van der Waals surface area contributed by atoms with Crippen LogP contribution in [-0.4, -0.2) is 25.6 Å². The van der Waals surface area contributed by atoms with Gasteiger partial charge in [0, 0.05) is 17.8 Å². The van der Waals surface area contributed by atoms with E-state index in [-0.39, 0.29) is 5.56 Å². The van der Waals surface area contributed by atoms with Gasteiger partial charge in [0.1, 0.15) is 11.3 Å². The number of rotatable bonds is 3. The van der Waals surface area contributed by atoms with Gasteiger partial charge >= 0.3 is 5.97 Å². The van der Waals surface area contributed by atoms with Crippen LogP contribution < -0.4 is 0 Å². The standard InChI is InChI=1S/C16H13N3O2/c20-16(21)12-5-2-1-4-11(12)14-18-13-6-3-9-17-15(13)19(14)10-7-8-10/h1-6,9-10H,7-8H2,(H,20,21). The molecule has 0 unspecified atom stereocenters. The number of benzene rings is 1. The monoisotopic (exact) mass is 279 g/mol. The zero-order valence-electron chi connectivity index (χ0n) is 11.2. The van der Waals surface area contributed by atoms with Crippen molar-refractivity contribution in [2.24, 2.45) is 0 Å². The Morgan fingerprint density at radius 1 is 1.19 bits per heavy atom. The number of hydrogen-bond donors (Lipinski definition) is 1. The van der Waals surface area contributed by atoms with Crippen molar-refractivity contribution in [3.63, 3.8) is 0 Å². The van der Waals surface area contributed by atoms with Gasteiger partial charge in [-0.3, -0.25) is 0 Å². The number of carboxylic acid groups (broad SMARTS) is 1. The van der Waals surface area contributed by atoms with E-state index in [9.17, 15) is 9.90 Å². The van der Waals surface area contributed by atoms with Crippen LogP contribution in [0.2, 0.25) is 0 Å². The van der Waals surface area contributed by atoms with Crippen molar-refractivity contribution >= 4 is 17.1 Å². The summed E-state index contributed by atoms with van der Waals surface area (Å²) in [5.41, 5.74) is 2.55. The fourth-order valence-electron chi connectivity index (χ4n) is 2.66. The maximum atomic E-state index is 11.5. The van der Waals surface area contributed by atoms with E-state index in [0.717, 1.165) is 24.0 Å². The molecule has 0 amide bonds. The number of imidazole rings is 1. The molecule has 5 nitrogen and oxygen atoms in total. The number of nitrogens with zero attached hydrogens (tertiary/aromatic N) is 3. The van der Waals surface area contributed by atoms with Gasteiger partial charge in [-0.15, -0.1) is 0 Å². The fourth-order valence-corrected chi connectivity index (χ4v) is 2.66. The van der Waals surface area contributed by atoms with Crippen LogP contribution in [0.25, 0.3) is 22.6 Å². The second kappa shape index (κ2) is 4.41. The lowest BCUT2D eigenvalue weighted by Crippen LogP contribution is -2.04. The molecular weight excluding hydrogens is 266 g/mol. The maximum Gasteiger partial charge on any atom is 0.336 e. The molecule has 2 aromatic heterocycles. The second-order valence-electron chi connectivity index (χ2n) is 5.23. The molecule has 4 rings (SSSR count). The summed E-state index contributed by atoms with van der Waals surface area (Å²) in [5.74, 6) is -0.239. The number of hydrogen-bond acceptors (Lipinski definition) is 3. The second-order valence-corrected chi connectivity index (χ2v) is 5.23. The Morgan fingerprint density at radius 2 is 2.00 bits per heavy atom. The molecule has 1 fully saturated rings. The van der Waals surface area contributed by atoms with Gasteiger partial charge in [0.15, 0.2) is 5.65 Å². The van der Waals surface area contributed by atoms with Crippen LogP contribution in [0.1, 0.15) is 29.2 Å². The number of fused-ring (bicyclic) bond motifs is 1. The molecule has 0 atom stereocenters. The Balaban J connectivity index is 2.03. The molecular formula is C16H13N3O2. The lowest BCUT2D eigenvalue weighted by atomic mass is 10.1. The van der Waals surface area contributed by atoms with Crippen LogP contribution in [0.3, 0.4) is 0 Å². The van der Waals surface area contributed by atoms with Crippen molar-refractivity contribution in [3.8, 4) is 11.4 Å². The molecule has 1 N–H and O–H groups in total. The van der Waals surface area contributed by atoms with Crippen molar-refractivity contribution in [2.75, 3.05) is 0 Å². The van der Waals surface area contributed by atoms with Gasteiger partial charge in [0.2, 0.25) is 0 Å².